The van der Waals surface area contributed by atoms with E-state index in [2.05, 4.69) is 5.32 Å². The summed E-state index contributed by atoms with van der Waals surface area (Å²) in [6.45, 7) is 2.12. The quantitative estimate of drug-likeness (QED) is 0.577. The van der Waals surface area contributed by atoms with Crippen molar-refractivity contribution >= 4 is 23.6 Å². The van der Waals surface area contributed by atoms with E-state index in [0.717, 1.165) is 12.8 Å². The number of rotatable bonds is 9. The third kappa shape index (κ3) is 5.62. The minimum atomic E-state index is -0.295. The first-order valence-corrected chi connectivity index (χ1v) is 11.7. The molecule has 4 amide bonds. The number of benzene rings is 2. The molecule has 0 radical (unpaired) electrons. The van der Waals surface area contributed by atoms with Crippen LogP contribution in [0.5, 0.6) is 5.75 Å². The minimum absolute atomic E-state index is 0.0263. The number of ether oxygens (including phenoxy) is 1. The van der Waals surface area contributed by atoms with Crippen LogP contribution < -0.4 is 10.1 Å². The summed E-state index contributed by atoms with van der Waals surface area (Å²) in [5.74, 6) is 0.287. The molecule has 2 aromatic carbocycles. The van der Waals surface area contributed by atoms with Gasteiger partial charge in [0.05, 0.1) is 11.1 Å². The molecule has 1 saturated heterocycles. The highest BCUT2D eigenvalue weighted by Gasteiger charge is 2.34. The van der Waals surface area contributed by atoms with Crippen molar-refractivity contribution in [2.45, 2.75) is 25.7 Å². The standard InChI is InChI=1S/C26H29N3O5/c30-23(11-6-14-29-25(32)21-9-4-5-10-22(21)26(29)33)27-17-19-12-15-28(16-13-19)24(31)18-34-20-7-2-1-3-8-20/h1-5,7-10,19H,6,11-18H2,(H,27,30). The Hall–Kier alpha value is -3.68. The molecule has 0 saturated carbocycles. The van der Waals surface area contributed by atoms with Crippen molar-refractivity contribution in [1.82, 2.24) is 15.1 Å². The first-order valence-electron chi connectivity index (χ1n) is 11.7. The maximum absolute atomic E-state index is 12.4. The Labute approximate surface area is 198 Å². The maximum Gasteiger partial charge on any atom is 0.261 e. The average Bonchev–Trinajstić information content (AvgIpc) is 3.12. The summed E-state index contributed by atoms with van der Waals surface area (Å²) in [6, 6.07) is 16.0. The van der Waals surface area contributed by atoms with Gasteiger partial charge in [-0.15, -0.1) is 0 Å². The minimum Gasteiger partial charge on any atom is -0.484 e. The van der Waals surface area contributed by atoms with Gasteiger partial charge in [-0.3, -0.25) is 24.1 Å². The van der Waals surface area contributed by atoms with Crippen LogP contribution in [0, 0.1) is 5.92 Å². The number of fused-ring (bicyclic) bond motifs is 1. The first-order chi connectivity index (χ1) is 16.5. The molecule has 2 aliphatic rings. The normalized spacial score (nSPS) is 15.9. The van der Waals surface area contributed by atoms with Crippen LogP contribution in [0.1, 0.15) is 46.4 Å². The lowest BCUT2D eigenvalue weighted by molar-refractivity contribution is -0.135. The summed E-state index contributed by atoms with van der Waals surface area (Å²) < 4.78 is 5.54. The molecule has 34 heavy (non-hydrogen) atoms. The van der Waals surface area contributed by atoms with Crippen LogP contribution in [0.3, 0.4) is 0 Å². The Bertz CT molecular complexity index is 1010. The van der Waals surface area contributed by atoms with Crippen LogP contribution in [0.2, 0.25) is 0 Å². The van der Waals surface area contributed by atoms with E-state index < -0.39 is 0 Å². The molecular weight excluding hydrogens is 434 g/mol. The van der Waals surface area contributed by atoms with E-state index in [4.69, 9.17) is 4.74 Å². The van der Waals surface area contributed by atoms with Crippen molar-refractivity contribution in [2.24, 2.45) is 5.92 Å². The predicted octanol–water partition coefficient (Wildman–Crippen LogP) is 2.50. The van der Waals surface area contributed by atoms with Crippen LogP contribution >= 0.6 is 0 Å². The Morgan fingerprint density at radius 1 is 0.912 bits per heavy atom. The van der Waals surface area contributed by atoms with E-state index >= 15 is 0 Å². The number of para-hydroxylation sites is 1. The second kappa shape index (κ2) is 11.0. The number of nitrogens with zero attached hydrogens (tertiary/aromatic N) is 2. The zero-order valence-corrected chi connectivity index (χ0v) is 19.1. The molecule has 2 aliphatic heterocycles. The fourth-order valence-electron chi connectivity index (χ4n) is 4.33. The van der Waals surface area contributed by atoms with Gasteiger partial charge >= 0.3 is 0 Å². The second-order valence-electron chi connectivity index (χ2n) is 8.64. The van der Waals surface area contributed by atoms with E-state index in [1.807, 2.05) is 35.2 Å². The van der Waals surface area contributed by atoms with E-state index in [0.29, 0.717) is 48.8 Å². The van der Waals surface area contributed by atoms with Gasteiger partial charge in [0.25, 0.3) is 17.7 Å². The van der Waals surface area contributed by atoms with Crippen molar-refractivity contribution in [3.63, 3.8) is 0 Å². The largest absolute Gasteiger partial charge is 0.484 e. The van der Waals surface area contributed by atoms with Crippen molar-refractivity contribution in [2.75, 3.05) is 32.8 Å². The molecule has 0 atom stereocenters. The number of imide groups is 1. The molecule has 8 nitrogen and oxygen atoms in total. The van der Waals surface area contributed by atoms with Crippen LogP contribution in [0.15, 0.2) is 54.6 Å². The Morgan fingerprint density at radius 3 is 2.18 bits per heavy atom. The lowest BCUT2D eigenvalue weighted by Crippen LogP contribution is -2.43. The van der Waals surface area contributed by atoms with Crippen LogP contribution in [-0.2, 0) is 9.59 Å². The summed E-state index contributed by atoms with van der Waals surface area (Å²) in [7, 11) is 0. The summed E-state index contributed by atoms with van der Waals surface area (Å²) in [5.41, 5.74) is 0.849. The van der Waals surface area contributed by atoms with Crippen LogP contribution in [-0.4, -0.2) is 66.2 Å². The van der Waals surface area contributed by atoms with Gasteiger partial charge in [0.2, 0.25) is 5.91 Å². The van der Waals surface area contributed by atoms with E-state index in [9.17, 15) is 19.2 Å². The number of piperidine rings is 1. The number of nitrogens with one attached hydrogen (secondary N) is 1. The number of likely N-dealkylation sites (tertiary alicyclic amines) is 1. The highest BCUT2D eigenvalue weighted by molar-refractivity contribution is 6.21. The van der Waals surface area contributed by atoms with E-state index in [-0.39, 0.29) is 43.2 Å². The fourth-order valence-corrected chi connectivity index (χ4v) is 4.33. The van der Waals surface area contributed by atoms with Gasteiger partial charge in [-0.05, 0) is 49.4 Å². The lowest BCUT2D eigenvalue weighted by Gasteiger charge is -2.32. The smallest absolute Gasteiger partial charge is 0.261 e. The predicted molar refractivity (Wildman–Crippen MR) is 125 cm³/mol. The lowest BCUT2D eigenvalue weighted by atomic mass is 9.96. The molecule has 1 N–H and O–H groups in total. The average molecular weight is 464 g/mol. The topological polar surface area (TPSA) is 96.0 Å². The highest BCUT2D eigenvalue weighted by atomic mass is 16.5. The van der Waals surface area contributed by atoms with Gasteiger partial charge < -0.3 is 15.0 Å². The molecule has 0 unspecified atom stereocenters. The molecule has 178 valence electrons. The van der Waals surface area contributed by atoms with E-state index in [1.54, 1.807) is 24.3 Å². The number of hydrogen-bond acceptors (Lipinski definition) is 5. The SMILES string of the molecule is O=C(CCCN1C(=O)c2ccccc2C1=O)NCC1CCN(C(=O)COc2ccccc2)CC1. The molecule has 1 fully saturated rings. The molecule has 2 heterocycles. The number of amides is 4. The van der Waals surface area contributed by atoms with Gasteiger partial charge in [-0.2, -0.15) is 0 Å². The molecule has 0 aliphatic carbocycles. The van der Waals surface area contributed by atoms with E-state index in [1.165, 1.54) is 4.90 Å². The van der Waals surface area contributed by atoms with Crippen molar-refractivity contribution < 1.29 is 23.9 Å². The molecule has 0 bridgehead atoms. The Balaban J connectivity index is 1.11. The summed E-state index contributed by atoms with van der Waals surface area (Å²) >= 11 is 0. The van der Waals surface area contributed by atoms with Crippen molar-refractivity contribution in [3.8, 4) is 5.75 Å². The molecular formula is C26H29N3O5. The number of carbonyl (C=O) groups is 4. The molecule has 0 spiro atoms. The highest BCUT2D eigenvalue weighted by Crippen LogP contribution is 2.22. The summed E-state index contributed by atoms with van der Waals surface area (Å²) in [4.78, 5) is 52.4. The Morgan fingerprint density at radius 2 is 1.53 bits per heavy atom. The maximum atomic E-state index is 12.4. The third-order valence-corrected chi connectivity index (χ3v) is 6.32. The first kappa shape index (κ1) is 23.5. The summed E-state index contributed by atoms with van der Waals surface area (Å²) in [5, 5.41) is 2.95. The Kier molecular flexibility index (Phi) is 7.57. The van der Waals surface area contributed by atoms with Crippen LogP contribution in [0.4, 0.5) is 0 Å². The second-order valence-corrected chi connectivity index (χ2v) is 8.64. The van der Waals surface area contributed by atoms with Gasteiger partial charge in [0.1, 0.15) is 5.75 Å². The summed E-state index contributed by atoms with van der Waals surface area (Å²) in [6.07, 6.45) is 2.33. The third-order valence-electron chi connectivity index (χ3n) is 6.32. The monoisotopic (exact) mass is 463 g/mol. The zero-order chi connectivity index (χ0) is 23.9. The molecule has 0 aromatic heterocycles. The number of hydrogen-bond donors (Lipinski definition) is 1. The molecule has 4 rings (SSSR count). The molecule has 2 aromatic rings. The van der Waals surface area contributed by atoms with Crippen LogP contribution in [0.25, 0.3) is 0 Å². The van der Waals surface area contributed by atoms with Crippen molar-refractivity contribution in [1.29, 1.82) is 0 Å². The van der Waals surface area contributed by atoms with Gasteiger partial charge in [-0.1, -0.05) is 30.3 Å². The van der Waals surface area contributed by atoms with Gasteiger partial charge in [-0.25, -0.2) is 0 Å². The fraction of sp³-hybridized carbons (Fsp3) is 0.385. The van der Waals surface area contributed by atoms with Gasteiger partial charge in [0.15, 0.2) is 6.61 Å². The van der Waals surface area contributed by atoms with Gasteiger partial charge in [0, 0.05) is 32.6 Å². The number of carbonyl (C=O) groups excluding carboxylic acids is 4. The van der Waals surface area contributed by atoms with Crippen molar-refractivity contribution in [3.05, 3.63) is 65.7 Å². The molecule has 8 heteroatoms. The zero-order valence-electron chi connectivity index (χ0n) is 19.1.